The van der Waals surface area contributed by atoms with Crippen molar-refractivity contribution in [2.24, 2.45) is 0 Å². The molecule has 108 valence electrons. The second kappa shape index (κ2) is 5.44. The first-order valence-electron chi connectivity index (χ1n) is 6.86. The van der Waals surface area contributed by atoms with Crippen LogP contribution in [0.4, 0.5) is 5.69 Å². The van der Waals surface area contributed by atoms with Crippen LogP contribution in [-0.4, -0.2) is 23.6 Å². The minimum absolute atomic E-state index is 0.219. The van der Waals surface area contributed by atoms with Crippen molar-refractivity contribution in [2.45, 2.75) is 18.9 Å². The summed E-state index contributed by atoms with van der Waals surface area (Å²) in [5.74, 6) is -0.688. The number of carbonyl (C=O) groups excluding carboxylic acids is 2. The number of esters is 1. The largest absolute Gasteiger partial charge is 0.465 e. The molecule has 0 saturated heterocycles. The molecule has 21 heavy (non-hydrogen) atoms. The predicted octanol–water partition coefficient (Wildman–Crippen LogP) is 2.86. The quantitative estimate of drug-likeness (QED) is 0.878. The molecule has 1 aromatic carbocycles. The van der Waals surface area contributed by atoms with Crippen molar-refractivity contribution in [1.82, 2.24) is 4.57 Å². The number of nitrogens with zero attached hydrogens (tertiary/aromatic N) is 1. The van der Waals surface area contributed by atoms with Crippen molar-refractivity contribution in [1.29, 1.82) is 0 Å². The fourth-order valence-corrected chi connectivity index (χ4v) is 2.32. The Morgan fingerprint density at radius 2 is 1.95 bits per heavy atom. The molecule has 1 aromatic heterocycles. The number of ether oxygens (including phenoxy) is 1. The number of carbonyl (C=O) groups is 2. The lowest BCUT2D eigenvalue weighted by Gasteiger charge is -2.11. The van der Waals surface area contributed by atoms with Gasteiger partial charge in [0.25, 0.3) is 5.91 Å². The lowest BCUT2D eigenvalue weighted by atomic mass is 10.1. The Bertz CT molecular complexity index is 686. The third kappa shape index (κ3) is 2.67. The summed E-state index contributed by atoms with van der Waals surface area (Å²) in [6, 6.07) is 10.9. The Labute approximate surface area is 122 Å². The molecule has 1 aliphatic rings. The molecule has 0 aliphatic heterocycles. The molecule has 1 heterocycles. The summed E-state index contributed by atoms with van der Waals surface area (Å²) in [6.07, 6.45) is 4.13. The summed E-state index contributed by atoms with van der Waals surface area (Å²) in [4.78, 5) is 24.1. The molecule has 0 bridgehead atoms. The van der Waals surface area contributed by atoms with Crippen LogP contribution in [0.5, 0.6) is 0 Å². The van der Waals surface area contributed by atoms with Crippen LogP contribution < -0.4 is 5.32 Å². The molecule has 1 aliphatic carbocycles. The van der Waals surface area contributed by atoms with Gasteiger partial charge in [0.15, 0.2) is 0 Å². The second-order valence-electron chi connectivity index (χ2n) is 5.02. The molecule has 5 heteroatoms. The van der Waals surface area contributed by atoms with Crippen LogP contribution >= 0.6 is 0 Å². The predicted molar refractivity (Wildman–Crippen MR) is 78.4 cm³/mol. The molecule has 0 unspecified atom stereocenters. The fourth-order valence-electron chi connectivity index (χ4n) is 2.32. The van der Waals surface area contributed by atoms with Crippen molar-refractivity contribution < 1.29 is 14.3 Å². The fraction of sp³-hybridized carbons (Fsp3) is 0.250. The highest BCUT2D eigenvalue weighted by atomic mass is 16.5. The summed E-state index contributed by atoms with van der Waals surface area (Å²) in [5.41, 5.74) is 1.41. The minimum Gasteiger partial charge on any atom is -0.465 e. The molecule has 1 amide bonds. The number of methoxy groups -OCH3 is 1. The number of aromatic nitrogens is 1. The van der Waals surface area contributed by atoms with Gasteiger partial charge in [-0.05, 0) is 37.1 Å². The van der Waals surface area contributed by atoms with Gasteiger partial charge in [-0.2, -0.15) is 0 Å². The molecule has 3 rings (SSSR count). The lowest BCUT2D eigenvalue weighted by molar-refractivity contribution is 0.0602. The Morgan fingerprint density at radius 1 is 1.19 bits per heavy atom. The number of para-hydroxylation sites is 1. The molecule has 1 saturated carbocycles. The van der Waals surface area contributed by atoms with Gasteiger partial charge in [-0.25, -0.2) is 4.79 Å². The number of benzene rings is 1. The molecule has 0 atom stereocenters. The average molecular weight is 284 g/mol. The van der Waals surface area contributed by atoms with Crippen molar-refractivity contribution >= 4 is 17.6 Å². The summed E-state index contributed by atoms with van der Waals surface area (Å²) in [5, 5.41) is 2.79. The number of nitrogens with one attached hydrogen (secondary N) is 1. The standard InChI is InChI=1S/C16H16N2O3/c1-21-16(20)12-5-2-3-6-13(12)17-15(19)14-7-4-10-18(14)11-8-9-11/h2-7,10-11H,8-9H2,1H3,(H,17,19). The number of hydrogen-bond acceptors (Lipinski definition) is 3. The number of amides is 1. The van der Waals surface area contributed by atoms with Crippen LogP contribution in [0, 0.1) is 0 Å². The summed E-state index contributed by atoms with van der Waals surface area (Å²) in [7, 11) is 1.32. The van der Waals surface area contributed by atoms with E-state index in [0.29, 0.717) is 23.0 Å². The first-order chi connectivity index (χ1) is 10.2. The average Bonchev–Trinajstić information content (AvgIpc) is 3.23. The van der Waals surface area contributed by atoms with Crippen LogP contribution in [-0.2, 0) is 4.74 Å². The molecular formula is C16H16N2O3. The molecular weight excluding hydrogens is 268 g/mol. The Morgan fingerprint density at radius 3 is 2.67 bits per heavy atom. The molecule has 0 radical (unpaired) electrons. The maximum Gasteiger partial charge on any atom is 0.339 e. The first kappa shape index (κ1) is 13.4. The zero-order valence-electron chi connectivity index (χ0n) is 11.7. The van der Waals surface area contributed by atoms with Gasteiger partial charge in [-0.15, -0.1) is 0 Å². The van der Waals surface area contributed by atoms with Gasteiger partial charge in [0.05, 0.1) is 18.4 Å². The Hall–Kier alpha value is -2.56. The SMILES string of the molecule is COC(=O)c1ccccc1NC(=O)c1cccn1C1CC1. The molecule has 5 nitrogen and oxygen atoms in total. The third-order valence-corrected chi connectivity index (χ3v) is 3.53. The topological polar surface area (TPSA) is 60.3 Å². The number of rotatable bonds is 4. The maximum atomic E-state index is 12.4. The van der Waals surface area contributed by atoms with E-state index in [1.807, 2.05) is 16.8 Å². The number of anilines is 1. The zero-order chi connectivity index (χ0) is 14.8. The molecule has 1 N–H and O–H groups in total. The van der Waals surface area contributed by atoms with Gasteiger partial charge in [0.1, 0.15) is 5.69 Å². The van der Waals surface area contributed by atoms with Crippen LogP contribution in [0.25, 0.3) is 0 Å². The third-order valence-electron chi connectivity index (χ3n) is 3.53. The van der Waals surface area contributed by atoms with E-state index in [1.165, 1.54) is 7.11 Å². The van der Waals surface area contributed by atoms with Crippen LogP contribution in [0.2, 0.25) is 0 Å². The van der Waals surface area contributed by atoms with E-state index in [1.54, 1.807) is 30.3 Å². The van der Waals surface area contributed by atoms with Crippen LogP contribution in [0.3, 0.4) is 0 Å². The summed E-state index contributed by atoms with van der Waals surface area (Å²) in [6.45, 7) is 0. The van der Waals surface area contributed by atoms with Gasteiger partial charge < -0.3 is 14.6 Å². The van der Waals surface area contributed by atoms with Crippen molar-refractivity contribution in [3.05, 3.63) is 53.9 Å². The zero-order valence-corrected chi connectivity index (χ0v) is 11.7. The molecule has 2 aromatic rings. The Kier molecular flexibility index (Phi) is 3.48. The van der Waals surface area contributed by atoms with Gasteiger partial charge in [0, 0.05) is 12.2 Å². The van der Waals surface area contributed by atoms with Gasteiger partial charge >= 0.3 is 5.97 Å². The summed E-state index contributed by atoms with van der Waals surface area (Å²) < 4.78 is 6.71. The van der Waals surface area contributed by atoms with Gasteiger partial charge in [-0.3, -0.25) is 4.79 Å². The van der Waals surface area contributed by atoms with Crippen LogP contribution in [0.15, 0.2) is 42.6 Å². The monoisotopic (exact) mass is 284 g/mol. The highest BCUT2D eigenvalue weighted by molar-refractivity contribution is 6.07. The maximum absolute atomic E-state index is 12.4. The van der Waals surface area contributed by atoms with Crippen LogP contribution in [0.1, 0.15) is 39.7 Å². The highest BCUT2D eigenvalue weighted by Gasteiger charge is 2.27. The highest BCUT2D eigenvalue weighted by Crippen LogP contribution is 2.36. The van der Waals surface area contributed by atoms with Gasteiger partial charge in [0.2, 0.25) is 0 Å². The lowest BCUT2D eigenvalue weighted by Crippen LogP contribution is -2.18. The van der Waals surface area contributed by atoms with E-state index in [9.17, 15) is 9.59 Å². The molecule has 1 fully saturated rings. The van der Waals surface area contributed by atoms with E-state index in [0.717, 1.165) is 12.8 Å². The first-order valence-corrected chi connectivity index (χ1v) is 6.86. The minimum atomic E-state index is -0.469. The second-order valence-corrected chi connectivity index (χ2v) is 5.02. The summed E-state index contributed by atoms with van der Waals surface area (Å²) >= 11 is 0. The normalized spacial score (nSPS) is 13.8. The van der Waals surface area contributed by atoms with Crippen molar-refractivity contribution in [3.63, 3.8) is 0 Å². The Balaban J connectivity index is 1.85. The van der Waals surface area contributed by atoms with E-state index < -0.39 is 5.97 Å². The number of hydrogen-bond donors (Lipinski definition) is 1. The van der Waals surface area contributed by atoms with Crippen molar-refractivity contribution in [3.8, 4) is 0 Å². The van der Waals surface area contributed by atoms with E-state index in [2.05, 4.69) is 5.32 Å². The van der Waals surface area contributed by atoms with Crippen molar-refractivity contribution in [2.75, 3.05) is 12.4 Å². The smallest absolute Gasteiger partial charge is 0.339 e. The van der Waals surface area contributed by atoms with E-state index in [4.69, 9.17) is 4.74 Å². The van der Waals surface area contributed by atoms with Gasteiger partial charge in [-0.1, -0.05) is 12.1 Å². The van der Waals surface area contributed by atoms with E-state index >= 15 is 0 Å². The van der Waals surface area contributed by atoms with E-state index in [-0.39, 0.29) is 5.91 Å². The molecule has 0 spiro atoms.